The number of aromatic nitrogens is 3. The number of carboxylic acids is 1. The summed E-state index contributed by atoms with van der Waals surface area (Å²) in [6.07, 6.45) is 1.73. The average molecular weight is 250 g/mol. The average Bonchev–Trinajstić information content (AvgIpc) is 2.74. The maximum absolute atomic E-state index is 13.2. The maximum atomic E-state index is 13.2. The first-order valence-corrected chi connectivity index (χ1v) is 5.18. The van der Waals surface area contributed by atoms with Gasteiger partial charge in [0.2, 0.25) is 0 Å². The van der Waals surface area contributed by atoms with Crippen LogP contribution in [-0.2, 0) is 13.6 Å². The zero-order valence-corrected chi connectivity index (χ0v) is 9.59. The monoisotopic (exact) mass is 250 g/mol. The number of anilines is 1. The number of halogens is 1. The van der Waals surface area contributed by atoms with Crippen LogP contribution in [0.5, 0.6) is 0 Å². The Kier molecular flexibility index (Phi) is 3.22. The summed E-state index contributed by atoms with van der Waals surface area (Å²) in [5, 5.41) is 19.4. The van der Waals surface area contributed by atoms with Crippen LogP contribution in [-0.4, -0.2) is 26.1 Å². The first kappa shape index (κ1) is 12.0. The predicted molar refractivity (Wildman–Crippen MR) is 61.7 cm³/mol. The number of aryl methyl sites for hydroxylation is 1. The smallest absolute Gasteiger partial charge is 0.338 e. The van der Waals surface area contributed by atoms with E-state index in [0.717, 1.165) is 6.07 Å². The second kappa shape index (κ2) is 4.82. The van der Waals surface area contributed by atoms with Crippen LogP contribution in [0.1, 0.15) is 16.1 Å². The molecule has 0 bridgehead atoms. The summed E-state index contributed by atoms with van der Waals surface area (Å²) in [4.78, 5) is 10.8. The van der Waals surface area contributed by atoms with Gasteiger partial charge >= 0.3 is 5.97 Å². The number of carbonyl (C=O) groups is 1. The fraction of sp³-hybridized carbons (Fsp3) is 0.182. The Bertz CT molecular complexity index is 582. The third-order valence-electron chi connectivity index (χ3n) is 2.32. The molecule has 0 aliphatic carbocycles. The van der Waals surface area contributed by atoms with Crippen molar-refractivity contribution in [2.45, 2.75) is 6.54 Å². The van der Waals surface area contributed by atoms with Gasteiger partial charge < -0.3 is 10.4 Å². The van der Waals surface area contributed by atoms with Gasteiger partial charge in [-0.2, -0.15) is 0 Å². The number of hydrogen-bond acceptors (Lipinski definition) is 4. The Labute approximate surface area is 102 Å². The van der Waals surface area contributed by atoms with Crippen molar-refractivity contribution in [2.24, 2.45) is 7.05 Å². The highest BCUT2D eigenvalue weighted by Crippen LogP contribution is 2.15. The highest BCUT2D eigenvalue weighted by molar-refractivity contribution is 5.89. The maximum Gasteiger partial charge on any atom is 0.338 e. The van der Waals surface area contributed by atoms with E-state index in [-0.39, 0.29) is 5.56 Å². The fourth-order valence-corrected chi connectivity index (χ4v) is 1.47. The Morgan fingerprint density at radius 1 is 1.56 bits per heavy atom. The topological polar surface area (TPSA) is 80.0 Å². The van der Waals surface area contributed by atoms with E-state index in [1.165, 1.54) is 12.1 Å². The molecule has 2 rings (SSSR count). The summed E-state index contributed by atoms with van der Waals surface area (Å²) < 4.78 is 14.7. The third-order valence-corrected chi connectivity index (χ3v) is 2.32. The summed E-state index contributed by atoms with van der Waals surface area (Å²) in [5.74, 6) is -2.05. The van der Waals surface area contributed by atoms with Crippen LogP contribution >= 0.6 is 0 Å². The normalized spacial score (nSPS) is 10.3. The molecule has 0 atom stereocenters. The van der Waals surface area contributed by atoms with Gasteiger partial charge in [-0.1, -0.05) is 5.21 Å². The lowest BCUT2D eigenvalue weighted by Gasteiger charge is -2.05. The van der Waals surface area contributed by atoms with E-state index in [1.54, 1.807) is 17.9 Å². The summed E-state index contributed by atoms with van der Waals surface area (Å²) >= 11 is 0. The molecule has 1 heterocycles. The Hall–Kier alpha value is -2.44. The number of rotatable bonds is 4. The van der Waals surface area contributed by atoms with Crippen molar-refractivity contribution >= 4 is 11.7 Å². The number of hydrogen-bond donors (Lipinski definition) is 2. The van der Waals surface area contributed by atoms with Crippen molar-refractivity contribution in [3.8, 4) is 0 Å². The van der Waals surface area contributed by atoms with Gasteiger partial charge in [0, 0.05) is 18.9 Å². The number of aromatic carboxylic acids is 1. The SMILES string of the molecule is Cn1cc(CNc2ccc(F)c(C(=O)O)c2)nn1. The van der Waals surface area contributed by atoms with E-state index in [9.17, 15) is 9.18 Å². The summed E-state index contributed by atoms with van der Waals surface area (Å²) in [5.41, 5.74) is 0.859. The van der Waals surface area contributed by atoms with Gasteiger partial charge in [0.15, 0.2) is 0 Å². The first-order chi connectivity index (χ1) is 8.56. The van der Waals surface area contributed by atoms with E-state index in [1.807, 2.05) is 0 Å². The largest absolute Gasteiger partial charge is 0.478 e. The molecule has 2 aromatic rings. The quantitative estimate of drug-likeness (QED) is 0.854. The lowest BCUT2D eigenvalue weighted by Crippen LogP contribution is -2.04. The number of nitrogens with one attached hydrogen (secondary N) is 1. The molecule has 0 saturated heterocycles. The first-order valence-electron chi connectivity index (χ1n) is 5.18. The lowest BCUT2D eigenvalue weighted by molar-refractivity contribution is 0.0692. The third kappa shape index (κ3) is 2.62. The number of carboxylic acid groups (broad SMARTS) is 1. The van der Waals surface area contributed by atoms with Crippen molar-refractivity contribution in [3.05, 3.63) is 41.5 Å². The molecule has 0 amide bonds. The Balaban J connectivity index is 2.10. The molecule has 6 nitrogen and oxygen atoms in total. The molecule has 0 saturated carbocycles. The minimum Gasteiger partial charge on any atom is -0.478 e. The minimum atomic E-state index is -1.30. The van der Waals surface area contributed by atoms with Crippen molar-refractivity contribution in [3.63, 3.8) is 0 Å². The van der Waals surface area contributed by atoms with E-state index < -0.39 is 11.8 Å². The molecular formula is C11H11FN4O2. The standard InChI is InChI=1S/C11H11FN4O2/c1-16-6-8(14-15-16)5-13-7-2-3-10(12)9(4-7)11(17)18/h2-4,6,13H,5H2,1H3,(H,17,18). The molecule has 1 aromatic carbocycles. The summed E-state index contributed by atoms with van der Waals surface area (Å²) in [6.45, 7) is 0.387. The second-order valence-corrected chi connectivity index (χ2v) is 3.74. The van der Waals surface area contributed by atoms with Crippen LogP contribution in [0.3, 0.4) is 0 Å². The summed E-state index contributed by atoms with van der Waals surface area (Å²) in [7, 11) is 1.75. The zero-order valence-electron chi connectivity index (χ0n) is 9.59. The van der Waals surface area contributed by atoms with Crippen molar-refractivity contribution in [1.29, 1.82) is 0 Å². The molecule has 0 radical (unpaired) electrons. The highest BCUT2D eigenvalue weighted by atomic mass is 19.1. The Morgan fingerprint density at radius 2 is 2.33 bits per heavy atom. The fourth-order valence-electron chi connectivity index (χ4n) is 1.47. The molecule has 0 fully saturated rings. The predicted octanol–water partition coefficient (Wildman–Crippen LogP) is 1.26. The van der Waals surface area contributed by atoms with Crippen LogP contribution in [0.25, 0.3) is 0 Å². The molecular weight excluding hydrogens is 239 g/mol. The van der Waals surface area contributed by atoms with Gasteiger partial charge in [0.25, 0.3) is 0 Å². The molecule has 0 aliphatic rings. The van der Waals surface area contributed by atoms with Crippen LogP contribution in [0.4, 0.5) is 10.1 Å². The van der Waals surface area contributed by atoms with E-state index >= 15 is 0 Å². The molecule has 7 heteroatoms. The summed E-state index contributed by atoms with van der Waals surface area (Å²) in [6, 6.07) is 3.83. The van der Waals surface area contributed by atoms with E-state index in [2.05, 4.69) is 15.6 Å². The molecule has 0 unspecified atom stereocenters. The van der Waals surface area contributed by atoms with Gasteiger partial charge in [-0.15, -0.1) is 5.10 Å². The molecule has 0 aliphatic heterocycles. The van der Waals surface area contributed by atoms with Gasteiger partial charge in [-0.25, -0.2) is 9.18 Å². The van der Waals surface area contributed by atoms with Crippen LogP contribution in [0.15, 0.2) is 24.4 Å². The van der Waals surface area contributed by atoms with Crippen molar-refractivity contribution in [2.75, 3.05) is 5.32 Å². The number of benzene rings is 1. The van der Waals surface area contributed by atoms with Gasteiger partial charge in [0.1, 0.15) is 11.5 Å². The molecule has 2 N–H and O–H groups in total. The minimum absolute atomic E-state index is 0.362. The van der Waals surface area contributed by atoms with E-state index in [4.69, 9.17) is 5.11 Å². The molecule has 18 heavy (non-hydrogen) atoms. The van der Waals surface area contributed by atoms with Gasteiger partial charge in [-0.3, -0.25) is 4.68 Å². The van der Waals surface area contributed by atoms with Gasteiger partial charge in [-0.05, 0) is 18.2 Å². The van der Waals surface area contributed by atoms with Crippen molar-refractivity contribution in [1.82, 2.24) is 15.0 Å². The number of nitrogens with zero attached hydrogens (tertiary/aromatic N) is 3. The highest BCUT2D eigenvalue weighted by Gasteiger charge is 2.10. The zero-order chi connectivity index (χ0) is 13.1. The van der Waals surface area contributed by atoms with Gasteiger partial charge in [0.05, 0.1) is 12.1 Å². The molecule has 1 aromatic heterocycles. The molecule has 94 valence electrons. The van der Waals surface area contributed by atoms with Crippen molar-refractivity contribution < 1.29 is 14.3 Å². The second-order valence-electron chi connectivity index (χ2n) is 3.74. The van der Waals surface area contributed by atoms with Crippen LogP contribution in [0, 0.1) is 5.82 Å². The van der Waals surface area contributed by atoms with E-state index in [0.29, 0.717) is 17.9 Å². The molecule has 0 spiro atoms. The van der Waals surface area contributed by atoms with Crippen LogP contribution in [0.2, 0.25) is 0 Å². The van der Waals surface area contributed by atoms with Crippen LogP contribution < -0.4 is 5.32 Å². The lowest BCUT2D eigenvalue weighted by atomic mass is 10.2. The Morgan fingerprint density at radius 3 is 2.94 bits per heavy atom.